The lowest BCUT2D eigenvalue weighted by molar-refractivity contribution is 0.265. The summed E-state index contributed by atoms with van der Waals surface area (Å²) in [5.41, 5.74) is 3.22. The number of hydrogen-bond donors (Lipinski definition) is 1. The first kappa shape index (κ1) is 14.1. The van der Waals surface area contributed by atoms with Crippen molar-refractivity contribution in [2.45, 2.75) is 64.3 Å². The van der Waals surface area contributed by atoms with E-state index in [1.807, 2.05) is 0 Å². The molecule has 0 aliphatic heterocycles. The van der Waals surface area contributed by atoms with E-state index in [0.717, 1.165) is 23.8 Å². The van der Waals surface area contributed by atoms with Crippen LogP contribution in [0.2, 0.25) is 0 Å². The van der Waals surface area contributed by atoms with Crippen LogP contribution >= 0.6 is 0 Å². The summed E-state index contributed by atoms with van der Waals surface area (Å²) in [6.45, 7) is 5.93. The maximum absolute atomic E-state index is 3.87. The molecule has 0 amide bonds. The minimum absolute atomic E-state index is 0.741. The van der Waals surface area contributed by atoms with Crippen LogP contribution in [0.1, 0.15) is 63.0 Å². The van der Waals surface area contributed by atoms with Gasteiger partial charge in [0, 0.05) is 6.04 Å². The fourth-order valence-corrected chi connectivity index (χ4v) is 4.39. The molecule has 1 nitrogen and oxygen atoms in total. The van der Waals surface area contributed by atoms with E-state index in [-0.39, 0.29) is 0 Å². The smallest absolute Gasteiger partial charge is 0.0104 e. The molecule has 2 aliphatic rings. The van der Waals surface area contributed by atoms with E-state index in [1.54, 1.807) is 11.1 Å². The Hall–Kier alpha value is -0.820. The van der Waals surface area contributed by atoms with Crippen molar-refractivity contribution >= 4 is 0 Å². The van der Waals surface area contributed by atoms with Crippen LogP contribution in [0.3, 0.4) is 0 Å². The van der Waals surface area contributed by atoms with Crippen molar-refractivity contribution < 1.29 is 0 Å². The third-order valence-corrected chi connectivity index (χ3v) is 5.60. The number of benzene rings is 1. The van der Waals surface area contributed by atoms with E-state index in [9.17, 15) is 0 Å². The molecule has 20 heavy (non-hydrogen) atoms. The molecule has 0 aromatic heterocycles. The number of hydrogen-bond acceptors (Lipinski definition) is 1. The molecule has 4 unspecified atom stereocenters. The van der Waals surface area contributed by atoms with Crippen molar-refractivity contribution in [3.63, 3.8) is 0 Å². The Morgan fingerprint density at radius 1 is 1.25 bits per heavy atom. The van der Waals surface area contributed by atoms with E-state index in [1.165, 1.54) is 45.1 Å². The summed E-state index contributed by atoms with van der Waals surface area (Å²) >= 11 is 0. The topological polar surface area (TPSA) is 12.0 Å². The van der Waals surface area contributed by atoms with Crippen LogP contribution in [0.15, 0.2) is 24.3 Å². The van der Waals surface area contributed by atoms with Crippen LogP contribution in [0.4, 0.5) is 0 Å². The molecule has 1 fully saturated rings. The van der Waals surface area contributed by atoms with E-state index < -0.39 is 0 Å². The average molecular weight is 271 g/mol. The van der Waals surface area contributed by atoms with Crippen LogP contribution in [0, 0.1) is 11.8 Å². The van der Waals surface area contributed by atoms with Crippen LogP contribution < -0.4 is 5.32 Å². The normalized spacial score (nSPS) is 29.8. The highest BCUT2D eigenvalue weighted by atomic mass is 14.9. The highest BCUT2D eigenvalue weighted by Crippen LogP contribution is 2.42. The molecule has 2 aliphatic carbocycles. The molecular weight excluding hydrogens is 242 g/mol. The van der Waals surface area contributed by atoms with Crippen molar-refractivity contribution in [1.29, 1.82) is 0 Å². The predicted molar refractivity (Wildman–Crippen MR) is 86.1 cm³/mol. The molecule has 0 radical (unpaired) electrons. The van der Waals surface area contributed by atoms with Gasteiger partial charge in [-0.1, -0.05) is 51.0 Å². The van der Waals surface area contributed by atoms with Crippen molar-refractivity contribution in [3.8, 4) is 0 Å². The summed E-state index contributed by atoms with van der Waals surface area (Å²) in [5, 5.41) is 3.87. The Kier molecular flexibility index (Phi) is 4.45. The molecule has 0 spiro atoms. The van der Waals surface area contributed by atoms with Gasteiger partial charge in [-0.05, 0) is 61.1 Å². The SMILES string of the molecule is CCCNC(CC1Cc2ccccc21)C1CCCC1C. The molecule has 3 rings (SSSR count). The molecule has 1 aromatic rings. The van der Waals surface area contributed by atoms with Gasteiger partial charge >= 0.3 is 0 Å². The first-order chi connectivity index (χ1) is 9.79. The zero-order valence-corrected chi connectivity index (χ0v) is 13.1. The van der Waals surface area contributed by atoms with Crippen LogP contribution in [0.25, 0.3) is 0 Å². The zero-order chi connectivity index (χ0) is 13.9. The van der Waals surface area contributed by atoms with Gasteiger partial charge in [-0.25, -0.2) is 0 Å². The molecule has 0 saturated heterocycles. The maximum atomic E-state index is 3.87. The van der Waals surface area contributed by atoms with Crippen molar-refractivity contribution in [2.24, 2.45) is 11.8 Å². The molecule has 1 saturated carbocycles. The fourth-order valence-electron chi connectivity index (χ4n) is 4.39. The lowest BCUT2D eigenvalue weighted by Crippen LogP contribution is -2.40. The Bertz CT molecular complexity index is 439. The zero-order valence-electron chi connectivity index (χ0n) is 13.1. The van der Waals surface area contributed by atoms with Crippen LogP contribution in [-0.2, 0) is 6.42 Å². The van der Waals surface area contributed by atoms with Gasteiger partial charge in [0.25, 0.3) is 0 Å². The molecule has 0 heterocycles. The second kappa shape index (κ2) is 6.30. The molecule has 1 aromatic carbocycles. The summed E-state index contributed by atoms with van der Waals surface area (Å²) in [4.78, 5) is 0. The van der Waals surface area contributed by atoms with Gasteiger partial charge in [0.2, 0.25) is 0 Å². The summed E-state index contributed by atoms with van der Waals surface area (Å²) in [5.74, 6) is 2.64. The Balaban J connectivity index is 1.65. The van der Waals surface area contributed by atoms with E-state index in [0.29, 0.717) is 0 Å². The number of nitrogens with one attached hydrogen (secondary N) is 1. The summed E-state index contributed by atoms with van der Waals surface area (Å²) in [6, 6.07) is 9.78. The minimum atomic E-state index is 0.741. The van der Waals surface area contributed by atoms with Crippen molar-refractivity contribution in [2.75, 3.05) is 6.54 Å². The van der Waals surface area contributed by atoms with E-state index in [2.05, 4.69) is 43.4 Å². The van der Waals surface area contributed by atoms with Crippen molar-refractivity contribution in [1.82, 2.24) is 5.32 Å². The maximum Gasteiger partial charge on any atom is 0.0104 e. The lowest BCUT2D eigenvalue weighted by Gasteiger charge is -2.36. The molecule has 110 valence electrons. The second-order valence-corrected chi connectivity index (χ2v) is 6.97. The summed E-state index contributed by atoms with van der Waals surface area (Å²) < 4.78 is 0. The quantitative estimate of drug-likeness (QED) is 0.802. The van der Waals surface area contributed by atoms with E-state index >= 15 is 0 Å². The Morgan fingerprint density at radius 3 is 2.80 bits per heavy atom. The summed E-state index contributed by atoms with van der Waals surface area (Å²) in [6.07, 6.45) is 8.23. The molecule has 0 bridgehead atoms. The largest absolute Gasteiger partial charge is 0.314 e. The highest BCUT2D eigenvalue weighted by Gasteiger charge is 2.35. The van der Waals surface area contributed by atoms with E-state index in [4.69, 9.17) is 0 Å². The van der Waals surface area contributed by atoms with Crippen LogP contribution in [0.5, 0.6) is 0 Å². The molecular formula is C19H29N. The molecule has 4 atom stereocenters. The first-order valence-electron chi connectivity index (χ1n) is 8.60. The van der Waals surface area contributed by atoms with Crippen molar-refractivity contribution in [3.05, 3.63) is 35.4 Å². The molecule has 1 heteroatoms. The lowest BCUT2D eigenvalue weighted by atomic mass is 9.72. The standard InChI is InChI=1S/C19H29N/c1-3-11-20-19(17-10-6-7-14(17)2)13-16-12-15-8-4-5-9-18(15)16/h4-5,8-9,14,16-17,19-20H,3,6-7,10-13H2,1-2H3. The highest BCUT2D eigenvalue weighted by molar-refractivity contribution is 5.40. The minimum Gasteiger partial charge on any atom is -0.314 e. The predicted octanol–water partition coefficient (Wildman–Crippen LogP) is 4.52. The Labute approximate surface area is 124 Å². The third-order valence-electron chi connectivity index (χ3n) is 5.60. The first-order valence-corrected chi connectivity index (χ1v) is 8.60. The third kappa shape index (κ3) is 2.79. The van der Waals surface area contributed by atoms with Gasteiger partial charge in [-0.15, -0.1) is 0 Å². The number of rotatable bonds is 6. The number of fused-ring (bicyclic) bond motifs is 1. The van der Waals surface area contributed by atoms with Gasteiger partial charge in [-0.3, -0.25) is 0 Å². The molecule has 1 N–H and O–H groups in total. The van der Waals surface area contributed by atoms with Crippen LogP contribution in [-0.4, -0.2) is 12.6 Å². The Morgan fingerprint density at radius 2 is 2.10 bits per heavy atom. The van der Waals surface area contributed by atoms with Gasteiger partial charge < -0.3 is 5.32 Å². The monoisotopic (exact) mass is 271 g/mol. The average Bonchev–Trinajstić information content (AvgIpc) is 2.86. The van der Waals surface area contributed by atoms with Gasteiger partial charge in [0.1, 0.15) is 0 Å². The van der Waals surface area contributed by atoms with Gasteiger partial charge in [-0.2, -0.15) is 0 Å². The van der Waals surface area contributed by atoms with Gasteiger partial charge in [0.05, 0.1) is 0 Å². The summed E-state index contributed by atoms with van der Waals surface area (Å²) in [7, 11) is 0. The second-order valence-electron chi connectivity index (χ2n) is 6.97. The van der Waals surface area contributed by atoms with Gasteiger partial charge in [0.15, 0.2) is 0 Å². The fraction of sp³-hybridized carbons (Fsp3) is 0.684.